The first-order valence-corrected chi connectivity index (χ1v) is 12.4. The lowest BCUT2D eigenvalue weighted by Crippen LogP contribution is -2.19. The molecule has 0 aliphatic carbocycles. The van der Waals surface area contributed by atoms with Crippen molar-refractivity contribution in [2.45, 2.75) is 53.4 Å². The van der Waals surface area contributed by atoms with Crippen LogP contribution in [0.2, 0.25) is 0 Å². The minimum atomic E-state index is -1.06. The summed E-state index contributed by atoms with van der Waals surface area (Å²) in [5.41, 5.74) is 0.370. The summed E-state index contributed by atoms with van der Waals surface area (Å²) in [6, 6.07) is 9.30. The van der Waals surface area contributed by atoms with Crippen molar-refractivity contribution < 1.29 is 42.9 Å². The highest BCUT2D eigenvalue weighted by molar-refractivity contribution is 6.11. The van der Waals surface area contributed by atoms with Gasteiger partial charge in [0.05, 0.1) is 26.4 Å². The van der Waals surface area contributed by atoms with Crippen LogP contribution in [0.15, 0.2) is 36.4 Å². The van der Waals surface area contributed by atoms with E-state index in [1.165, 1.54) is 24.3 Å². The van der Waals surface area contributed by atoms with Gasteiger partial charge in [0.2, 0.25) is 0 Å². The van der Waals surface area contributed by atoms with Gasteiger partial charge in [0.15, 0.2) is 11.6 Å². The Morgan fingerprint density at radius 2 is 0.892 bits per heavy atom. The average Bonchev–Trinajstić information content (AvgIpc) is 2.86. The third-order valence-corrected chi connectivity index (χ3v) is 4.81. The first-order valence-electron chi connectivity index (χ1n) is 12.4. The highest BCUT2D eigenvalue weighted by Crippen LogP contribution is 2.26. The maximum atomic E-state index is 12.7. The second kappa shape index (κ2) is 15.3. The number of hydrogen-bond donors (Lipinski definition) is 0. The van der Waals surface area contributed by atoms with Gasteiger partial charge in [0.25, 0.3) is 0 Å². The zero-order valence-electron chi connectivity index (χ0n) is 21.8. The van der Waals surface area contributed by atoms with Crippen molar-refractivity contribution in [1.82, 2.24) is 0 Å². The van der Waals surface area contributed by atoms with Gasteiger partial charge in [-0.05, 0) is 51.0 Å². The fourth-order valence-electron chi connectivity index (χ4n) is 3.24. The topological polar surface area (TPSA) is 114 Å². The second-order valence-electron chi connectivity index (χ2n) is 8.00. The lowest BCUT2D eigenvalue weighted by molar-refractivity contribution is -0.158. The molecule has 2 aromatic carbocycles. The van der Waals surface area contributed by atoms with E-state index in [-0.39, 0.29) is 11.1 Å². The van der Waals surface area contributed by atoms with Crippen LogP contribution in [-0.2, 0) is 14.3 Å². The third kappa shape index (κ3) is 9.95. The number of benzene rings is 2. The van der Waals surface area contributed by atoms with E-state index >= 15 is 0 Å². The number of esters is 2. The highest BCUT2D eigenvalue weighted by Gasteiger charge is 2.21. The summed E-state index contributed by atoms with van der Waals surface area (Å²) in [6.45, 7) is 9.18. The minimum absolute atomic E-state index is 0.185. The lowest BCUT2D eigenvalue weighted by Gasteiger charge is -2.11. The molecule has 0 bridgehead atoms. The summed E-state index contributed by atoms with van der Waals surface area (Å²) in [7, 11) is 0. The molecular weight excluding hydrogens is 480 g/mol. The largest absolute Gasteiger partial charge is 0.494 e. The fraction of sp³-hybridized carbons (Fsp3) is 0.429. The van der Waals surface area contributed by atoms with Crippen molar-refractivity contribution in [3.8, 4) is 23.0 Å². The number of rotatable bonds is 16. The Hall–Kier alpha value is -3.88. The van der Waals surface area contributed by atoms with Gasteiger partial charge in [-0.15, -0.1) is 0 Å². The first-order chi connectivity index (χ1) is 17.8. The van der Waals surface area contributed by atoms with Crippen LogP contribution >= 0.6 is 0 Å². The molecule has 0 saturated carbocycles. The average molecular weight is 515 g/mol. The van der Waals surface area contributed by atoms with E-state index in [0.717, 1.165) is 12.8 Å². The van der Waals surface area contributed by atoms with Crippen LogP contribution in [0.4, 0.5) is 0 Å². The molecule has 0 radical (unpaired) electrons. The van der Waals surface area contributed by atoms with Gasteiger partial charge in [-0.1, -0.05) is 13.8 Å². The van der Waals surface area contributed by atoms with Gasteiger partial charge in [-0.25, -0.2) is 0 Å². The Balaban J connectivity index is 2.02. The van der Waals surface area contributed by atoms with E-state index in [0.29, 0.717) is 49.4 Å². The van der Waals surface area contributed by atoms with Crippen molar-refractivity contribution in [2.24, 2.45) is 0 Å². The molecule has 0 aliphatic rings. The van der Waals surface area contributed by atoms with Crippen molar-refractivity contribution in [3.63, 3.8) is 0 Å². The summed E-state index contributed by atoms with van der Waals surface area (Å²) in [4.78, 5) is 49.8. The fourth-order valence-corrected chi connectivity index (χ4v) is 3.24. The Labute approximate surface area is 217 Å². The molecule has 9 nitrogen and oxygen atoms in total. The van der Waals surface area contributed by atoms with E-state index in [2.05, 4.69) is 0 Å². The Morgan fingerprint density at radius 3 is 1.22 bits per heavy atom. The maximum absolute atomic E-state index is 12.7. The van der Waals surface area contributed by atoms with E-state index < -0.39 is 36.3 Å². The highest BCUT2D eigenvalue weighted by atomic mass is 16.6. The van der Waals surface area contributed by atoms with Gasteiger partial charge in [-0.3, -0.25) is 19.2 Å². The number of carbonyl (C=O) groups excluding carboxylic acids is 4. The maximum Gasteiger partial charge on any atom is 0.321 e. The summed E-state index contributed by atoms with van der Waals surface area (Å²) in [5.74, 6) is -1.56. The van der Waals surface area contributed by atoms with Crippen molar-refractivity contribution >= 4 is 23.5 Å². The van der Waals surface area contributed by atoms with Crippen molar-refractivity contribution in [2.75, 3.05) is 26.4 Å². The van der Waals surface area contributed by atoms with E-state index in [9.17, 15) is 19.2 Å². The predicted octanol–water partition coefficient (Wildman–Crippen LogP) is 4.98. The standard InChI is InChI=1S/C28H34O9/c1-5-9-35-23-13-19(11-21(15-23)33-7-3)25(29)17-27(31)37-28(32)18-26(30)20-12-22(34-8-4)16-24(14-20)36-10-6-2/h11-16H,5-10,17-18H2,1-4H3. The minimum Gasteiger partial charge on any atom is -0.494 e. The first kappa shape index (κ1) is 29.4. The lowest BCUT2D eigenvalue weighted by atomic mass is 10.1. The van der Waals surface area contributed by atoms with E-state index in [4.69, 9.17) is 23.7 Å². The Kier molecular flexibility index (Phi) is 12.1. The van der Waals surface area contributed by atoms with Crippen LogP contribution in [0, 0.1) is 0 Å². The smallest absolute Gasteiger partial charge is 0.321 e. The molecule has 0 aliphatic heterocycles. The number of ether oxygens (including phenoxy) is 5. The number of Topliss-reactive ketones (excluding diaryl/α,β-unsaturated/α-hetero) is 2. The summed E-state index contributed by atoms with van der Waals surface area (Å²) < 4.78 is 26.8. The zero-order chi connectivity index (χ0) is 27.2. The molecular formula is C28H34O9. The van der Waals surface area contributed by atoms with Gasteiger partial charge in [-0.2, -0.15) is 0 Å². The second-order valence-corrected chi connectivity index (χ2v) is 8.00. The van der Waals surface area contributed by atoms with Gasteiger partial charge in [0.1, 0.15) is 35.8 Å². The predicted molar refractivity (Wildman–Crippen MR) is 136 cm³/mol. The van der Waals surface area contributed by atoms with Crippen LogP contribution in [0.25, 0.3) is 0 Å². The SMILES string of the molecule is CCCOc1cc(OCC)cc(C(=O)CC(=O)OC(=O)CC(=O)c2cc(OCC)cc(OCCC)c2)c1. The van der Waals surface area contributed by atoms with Crippen LogP contribution < -0.4 is 18.9 Å². The molecule has 0 N–H and O–H groups in total. The van der Waals surface area contributed by atoms with E-state index in [1.54, 1.807) is 26.0 Å². The normalized spacial score (nSPS) is 10.4. The molecule has 200 valence electrons. The molecule has 0 amide bonds. The van der Waals surface area contributed by atoms with Crippen molar-refractivity contribution in [1.29, 1.82) is 0 Å². The van der Waals surface area contributed by atoms with Crippen molar-refractivity contribution in [3.05, 3.63) is 47.5 Å². The molecule has 9 heteroatoms. The van der Waals surface area contributed by atoms with Gasteiger partial charge < -0.3 is 23.7 Å². The molecule has 2 rings (SSSR count). The number of carbonyl (C=O) groups is 4. The van der Waals surface area contributed by atoms with Gasteiger partial charge >= 0.3 is 11.9 Å². The Morgan fingerprint density at radius 1 is 0.541 bits per heavy atom. The molecule has 0 aromatic heterocycles. The summed E-state index contributed by atoms with van der Waals surface area (Å²) in [5, 5.41) is 0. The van der Waals surface area contributed by atoms with Crippen LogP contribution in [-0.4, -0.2) is 49.9 Å². The summed E-state index contributed by atoms with van der Waals surface area (Å²) in [6.07, 6.45) is 0.186. The molecule has 0 spiro atoms. The molecule has 0 heterocycles. The number of hydrogen-bond acceptors (Lipinski definition) is 9. The molecule has 0 atom stereocenters. The van der Waals surface area contributed by atoms with Crippen LogP contribution in [0.5, 0.6) is 23.0 Å². The van der Waals surface area contributed by atoms with Crippen LogP contribution in [0.3, 0.4) is 0 Å². The zero-order valence-corrected chi connectivity index (χ0v) is 21.8. The Bertz CT molecular complexity index is 1010. The van der Waals surface area contributed by atoms with Crippen LogP contribution in [0.1, 0.15) is 74.1 Å². The summed E-state index contributed by atoms with van der Waals surface area (Å²) >= 11 is 0. The molecule has 0 saturated heterocycles. The molecule has 0 fully saturated rings. The van der Waals surface area contributed by atoms with Gasteiger partial charge in [0, 0.05) is 23.3 Å². The molecule has 0 unspecified atom stereocenters. The monoisotopic (exact) mass is 514 g/mol. The molecule has 37 heavy (non-hydrogen) atoms. The molecule has 2 aromatic rings. The number of ketones is 2. The van der Waals surface area contributed by atoms with E-state index in [1.807, 2.05) is 13.8 Å². The third-order valence-electron chi connectivity index (χ3n) is 4.81. The quantitative estimate of drug-likeness (QED) is 0.174.